The van der Waals surface area contributed by atoms with Crippen LogP contribution in [0.4, 0.5) is 0 Å². The summed E-state index contributed by atoms with van der Waals surface area (Å²) in [6, 6.07) is 21.7. The van der Waals surface area contributed by atoms with Crippen LogP contribution in [0.1, 0.15) is 43.6 Å². The van der Waals surface area contributed by atoms with Gasteiger partial charge in [0.05, 0.1) is 13.0 Å². The van der Waals surface area contributed by atoms with Gasteiger partial charge in [0.2, 0.25) is 0 Å². The van der Waals surface area contributed by atoms with Crippen molar-refractivity contribution in [3.8, 4) is 11.5 Å². The van der Waals surface area contributed by atoms with E-state index in [-0.39, 0.29) is 11.9 Å². The molecule has 4 heteroatoms. The van der Waals surface area contributed by atoms with Gasteiger partial charge in [0, 0.05) is 6.54 Å². The van der Waals surface area contributed by atoms with Crippen LogP contribution in [0.15, 0.2) is 77.9 Å². The first-order valence-electron chi connectivity index (χ1n) is 11.7. The smallest absolute Gasteiger partial charge is 0.319 e. The van der Waals surface area contributed by atoms with Crippen LogP contribution >= 0.6 is 0 Å². The monoisotopic (exact) mass is 443 g/mol. The molecule has 0 N–H and O–H groups in total. The van der Waals surface area contributed by atoms with Crippen molar-refractivity contribution in [3.05, 3.63) is 83.4 Å². The molecule has 4 nitrogen and oxygen atoms in total. The molecule has 0 amide bonds. The maximum Gasteiger partial charge on any atom is 0.319 e. The Bertz CT molecular complexity index is 1130. The lowest BCUT2D eigenvalue weighted by molar-refractivity contribution is -0.136. The lowest BCUT2D eigenvalue weighted by Crippen LogP contribution is -2.22. The van der Waals surface area contributed by atoms with Gasteiger partial charge in [0.15, 0.2) is 0 Å². The third-order valence-electron chi connectivity index (χ3n) is 6.38. The molecule has 0 saturated heterocycles. The number of hydrogen-bond acceptors (Lipinski definition) is 4. The van der Waals surface area contributed by atoms with Gasteiger partial charge in [0.25, 0.3) is 0 Å². The number of rotatable bonds is 8. The molecule has 0 radical (unpaired) electrons. The van der Waals surface area contributed by atoms with Crippen molar-refractivity contribution in [2.75, 3.05) is 27.7 Å². The zero-order chi connectivity index (χ0) is 23.2. The molecule has 3 aromatic carbocycles. The Morgan fingerprint density at radius 3 is 2.30 bits per heavy atom. The van der Waals surface area contributed by atoms with E-state index in [1.165, 1.54) is 24.0 Å². The standard InChI is InChI=1S/C29H33NO3/c1-30(2)20-25-10-8-7-9-21(25)19-28(29(31)33-26-11-5-4-6-12-26)24-14-13-23-18-27(32-3)16-15-22(23)17-24/h4-6,11-18,28H,7-10,19-20H2,1-3H3. The molecule has 172 valence electrons. The summed E-state index contributed by atoms with van der Waals surface area (Å²) < 4.78 is 11.2. The van der Waals surface area contributed by atoms with Crippen LogP contribution < -0.4 is 9.47 Å². The lowest BCUT2D eigenvalue weighted by atomic mass is 9.83. The molecule has 1 atom stereocenters. The molecule has 0 aliphatic heterocycles. The highest BCUT2D eigenvalue weighted by Gasteiger charge is 2.27. The molecular formula is C29H33NO3. The number of methoxy groups -OCH3 is 1. The van der Waals surface area contributed by atoms with Gasteiger partial charge in [-0.05, 0) is 86.8 Å². The second-order valence-electron chi connectivity index (χ2n) is 9.12. The van der Waals surface area contributed by atoms with Crippen LogP contribution in [-0.4, -0.2) is 38.6 Å². The summed E-state index contributed by atoms with van der Waals surface area (Å²) in [5.74, 6) is 0.874. The summed E-state index contributed by atoms with van der Waals surface area (Å²) in [7, 11) is 5.89. The van der Waals surface area contributed by atoms with Gasteiger partial charge >= 0.3 is 5.97 Å². The first-order valence-corrected chi connectivity index (χ1v) is 11.7. The topological polar surface area (TPSA) is 38.8 Å². The van der Waals surface area contributed by atoms with E-state index in [1.807, 2.05) is 42.5 Å². The Morgan fingerprint density at radius 1 is 0.879 bits per heavy atom. The predicted octanol–water partition coefficient (Wildman–Crippen LogP) is 6.36. The third kappa shape index (κ3) is 5.82. The third-order valence-corrected chi connectivity index (χ3v) is 6.38. The normalized spacial score (nSPS) is 15.0. The first kappa shape index (κ1) is 23.1. The maximum absolute atomic E-state index is 13.5. The summed E-state index contributed by atoms with van der Waals surface area (Å²) in [6.07, 6.45) is 5.29. The average molecular weight is 444 g/mol. The Kier molecular flexibility index (Phi) is 7.46. The molecule has 1 aliphatic carbocycles. The fraction of sp³-hybridized carbons (Fsp3) is 0.345. The van der Waals surface area contributed by atoms with Crippen molar-refractivity contribution in [1.82, 2.24) is 4.90 Å². The predicted molar refractivity (Wildman–Crippen MR) is 134 cm³/mol. The van der Waals surface area contributed by atoms with Gasteiger partial charge in [0.1, 0.15) is 11.5 Å². The second kappa shape index (κ2) is 10.7. The molecule has 3 aromatic rings. The number of nitrogens with zero attached hydrogens (tertiary/aromatic N) is 1. The van der Waals surface area contributed by atoms with E-state index in [1.54, 1.807) is 7.11 Å². The van der Waals surface area contributed by atoms with Gasteiger partial charge in [-0.15, -0.1) is 0 Å². The van der Waals surface area contributed by atoms with E-state index < -0.39 is 0 Å². The number of carbonyl (C=O) groups is 1. The highest BCUT2D eigenvalue weighted by molar-refractivity contribution is 5.87. The Hall–Kier alpha value is -3.11. The molecule has 4 rings (SSSR count). The molecule has 0 heterocycles. The summed E-state index contributed by atoms with van der Waals surface area (Å²) in [5.41, 5.74) is 3.89. The number of fused-ring (bicyclic) bond motifs is 1. The van der Waals surface area contributed by atoms with E-state index in [2.05, 4.69) is 43.3 Å². The zero-order valence-corrected chi connectivity index (χ0v) is 19.8. The number of benzene rings is 3. The molecule has 1 unspecified atom stereocenters. The fourth-order valence-electron chi connectivity index (χ4n) is 4.69. The van der Waals surface area contributed by atoms with Gasteiger partial charge in [-0.2, -0.15) is 0 Å². The molecule has 0 saturated carbocycles. The van der Waals surface area contributed by atoms with Gasteiger partial charge in [-0.3, -0.25) is 4.79 Å². The molecule has 0 fully saturated rings. The fourth-order valence-corrected chi connectivity index (χ4v) is 4.69. The molecule has 33 heavy (non-hydrogen) atoms. The molecule has 0 bridgehead atoms. The van der Waals surface area contributed by atoms with Crippen molar-refractivity contribution < 1.29 is 14.3 Å². The number of hydrogen-bond donors (Lipinski definition) is 0. The Labute approximate surface area is 196 Å². The molecule has 1 aliphatic rings. The second-order valence-corrected chi connectivity index (χ2v) is 9.12. The summed E-state index contributed by atoms with van der Waals surface area (Å²) in [4.78, 5) is 15.7. The number of allylic oxidation sites excluding steroid dienone is 1. The van der Waals surface area contributed by atoms with Crippen LogP contribution in [-0.2, 0) is 4.79 Å². The highest BCUT2D eigenvalue weighted by atomic mass is 16.5. The van der Waals surface area contributed by atoms with Crippen LogP contribution in [0.3, 0.4) is 0 Å². The van der Waals surface area contributed by atoms with Gasteiger partial charge in [-0.1, -0.05) is 53.6 Å². The number of likely N-dealkylation sites (N-methyl/N-ethyl adjacent to an activating group) is 1. The zero-order valence-electron chi connectivity index (χ0n) is 19.8. The minimum absolute atomic E-state index is 0.198. The van der Waals surface area contributed by atoms with Crippen molar-refractivity contribution in [1.29, 1.82) is 0 Å². The van der Waals surface area contributed by atoms with E-state index in [9.17, 15) is 4.79 Å². The first-order chi connectivity index (χ1) is 16.0. The van der Waals surface area contributed by atoms with Gasteiger partial charge in [-0.25, -0.2) is 0 Å². The number of ether oxygens (including phenoxy) is 2. The van der Waals surface area contributed by atoms with Crippen molar-refractivity contribution in [2.45, 2.75) is 38.0 Å². The van der Waals surface area contributed by atoms with Crippen LogP contribution in [0.25, 0.3) is 10.8 Å². The van der Waals surface area contributed by atoms with Crippen molar-refractivity contribution in [2.24, 2.45) is 0 Å². The number of carbonyl (C=O) groups excluding carboxylic acids is 1. The molecular weight excluding hydrogens is 410 g/mol. The maximum atomic E-state index is 13.5. The minimum atomic E-state index is -0.345. The summed E-state index contributed by atoms with van der Waals surface area (Å²) >= 11 is 0. The Morgan fingerprint density at radius 2 is 1.58 bits per heavy atom. The van der Waals surface area contributed by atoms with Gasteiger partial charge < -0.3 is 14.4 Å². The lowest BCUT2D eigenvalue weighted by Gasteiger charge is -2.26. The van der Waals surface area contributed by atoms with E-state index in [0.717, 1.165) is 41.5 Å². The Balaban J connectivity index is 1.69. The quantitative estimate of drug-likeness (QED) is 0.231. The SMILES string of the molecule is COc1ccc2cc(C(CC3=C(CN(C)C)CCCC3)C(=O)Oc3ccccc3)ccc2c1. The van der Waals surface area contributed by atoms with Crippen molar-refractivity contribution in [3.63, 3.8) is 0 Å². The molecule has 0 spiro atoms. The summed E-state index contributed by atoms with van der Waals surface area (Å²) in [5, 5.41) is 2.19. The van der Waals surface area contributed by atoms with Crippen LogP contribution in [0.5, 0.6) is 11.5 Å². The average Bonchev–Trinajstić information content (AvgIpc) is 2.83. The number of esters is 1. The minimum Gasteiger partial charge on any atom is -0.497 e. The summed E-state index contributed by atoms with van der Waals surface area (Å²) in [6.45, 7) is 0.952. The largest absolute Gasteiger partial charge is 0.497 e. The van der Waals surface area contributed by atoms with Crippen molar-refractivity contribution >= 4 is 16.7 Å². The van der Waals surface area contributed by atoms with E-state index in [4.69, 9.17) is 9.47 Å². The van der Waals surface area contributed by atoms with E-state index >= 15 is 0 Å². The highest BCUT2D eigenvalue weighted by Crippen LogP contribution is 2.35. The number of para-hydroxylation sites is 1. The van der Waals surface area contributed by atoms with Crippen LogP contribution in [0, 0.1) is 0 Å². The van der Waals surface area contributed by atoms with E-state index in [0.29, 0.717) is 12.2 Å². The molecule has 0 aromatic heterocycles. The van der Waals surface area contributed by atoms with Crippen LogP contribution in [0.2, 0.25) is 0 Å².